The molecule has 0 fully saturated rings. The van der Waals surface area contributed by atoms with Gasteiger partial charge in [0.15, 0.2) is 0 Å². The van der Waals surface area contributed by atoms with Crippen molar-refractivity contribution in [2.45, 2.75) is 84.1 Å². The van der Waals surface area contributed by atoms with Gasteiger partial charge in [0, 0.05) is 12.0 Å². The lowest BCUT2D eigenvalue weighted by molar-refractivity contribution is -0.920. The van der Waals surface area contributed by atoms with Crippen LogP contribution >= 0.6 is 0 Å². The van der Waals surface area contributed by atoms with E-state index in [4.69, 9.17) is 0 Å². The monoisotopic (exact) mass is 353 g/mol. The molecule has 1 aromatic rings. The van der Waals surface area contributed by atoms with Gasteiger partial charge in [-0.3, -0.25) is 0 Å². The molecular weight excluding hydrogens is 314 g/mol. The summed E-state index contributed by atoms with van der Waals surface area (Å²) in [5.74, 6) is 0. The Morgan fingerprint density at radius 3 is 1.75 bits per heavy atom. The first-order chi connectivity index (χ1) is 11.1. The second kappa shape index (κ2) is 13.7. The number of unbranched alkanes of at least 4 members (excludes halogenated alkanes) is 8. The van der Waals surface area contributed by atoms with E-state index in [-0.39, 0.29) is 12.4 Å². The lowest BCUT2D eigenvalue weighted by Crippen LogP contribution is -3.00. The minimum absolute atomic E-state index is 0. The summed E-state index contributed by atoms with van der Waals surface area (Å²) in [4.78, 5) is 0. The van der Waals surface area contributed by atoms with Gasteiger partial charge in [-0.2, -0.15) is 0 Å². The summed E-state index contributed by atoms with van der Waals surface area (Å²) in [6, 6.07) is 11.8. The Balaban J connectivity index is 0.00000529. The molecule has 0 amide bonds. The molecule has 0 bridgehead atoms. The van der Waals surface area contributed by atoms with Crippen molar-refractivity contribution in [3.8, 4) is 0 Å². The molecular formula is C22H40ClN. The third-order valence-corrected chi connectivity index (χ3v) is 5.42. The van der Waals surface area contributed by atoms with E-state index in [1.54, 1.807) is 0 Å². The van der Waals surface area contributed by atoms with Crippen LogP contribution in [0.1, 0.15) is 89.7 Å². The highest BCUT2D eigenvalue weighted by atomic mass is 35.5. The second-order valence-corrected chi connectivity index (χ2v) is 7.64. The van der Waals surface area contributed by atoms with Crippen molar-refractivity contribution in [3.05, 3.63) is 35.9 Å². The van der Waals surface area contributed by atoms with Crippen LogP contribution < -0.4 is 12.4 Å². The zero-order valence-corrected chi connectivity index (χ0v) is 17.3. The molecule has 0 heterocycles. The number of rotatable bonds is 13. The van der Waals surface area contributed by atoms with Gasteiger partial charge >= 0.3 is 0 Å². The molecule has 0 saturated heterocycles. The van der Waals surface area contributed by atoms with E-state index in [1.165, 1.54) is 76.3 Å². The maximum Gasteiger partial charge on any atom is 0.114 e. The molecule has 1 unspecified atom stereocenters. The SMILES string of the molecule is CCCCCCCCCCCC(c1ccccc1)[N+](C)(C)CC.[Cl-]. The maximum absolute atomic E-state index is 2.38. The predicted octanol–water partition coefficient (Wildman–Crippen LogP) is 3.75. The average molecular weight is 354 g/mol. The van der Waals surface area contributed by atoms with E-state index in [1.807, 2.05) is 0 Å². The van der Waals surface area contributed by atoms with Crippen LogP contribution in [0.15, 0.2) is 30.3 Å². The van der Waals surface area contributed by atoms with Crippen LogP contribution in [0.2, 0.25) is 0 Å². The topological polar surface area (TPSA) is 0 Å². The number of hydrogen-bond donors (Lipinski definition) is 0. The van der Waals surface area contributed by atoms with Crippen LogP contribution in [-0.2, 0) is 0 Å². The summed E-state index contributed by atoms with van der Waals surface area (Å²) < 4.78 is 1.10. The van der Waals surface area contributed by atoms with Gasteiger partial charge in [-0.05, 0) is 13.3 Å². The molecule has 0 aliphatic carbocycles. The average Bonchev–Trinajstić information content (AvgIpc) is 2.57. The fourth-order valence-corrected chi connectivity index (χ4v) is 3.46. The Hall–Kier alpha value is -0.530. The summed E-state index contributed by atoms with van der Waals surface area (Å²) in [6.45, 7) is 5.79. The molecule has 24 heavy (non-hydrogen) atoms. The molecule has 1 nitrogen and oxygen atoms in total. The van der Waals surface area contributed by atoms with Crippen LogP contribution in [0, 0.1) is 0 Å². The van der Waals surface area contributed by atoms with Crippen molar-refractivity contribution in [2.24, 2.45) is 0 Å². The van der Waals surface area contributed by atoms with Crippen molar-refractivity contribution >= 4 is 0 Å². The normalized spacial score (nSPS) is 12.7. The summed E-state index contributed by atoms with van der Waals surface area (Å²) in [5.41, 5.74) is 1.51. The van der Waals surface area contributed by atoms with Crippen LogP contribution in [0.5, 0.6) is 0 Å². The Kier molecular flexibility index (Phi) is 13.4. The fraction of sp³-hybridized carbons (Fsp3) is 0.727. The first kappa shape index (κ1) is 23.5. The third kappa shape index (κ3) is 9.08. The molecule has 0 radical (unpaired) electrons. The zero-order valence-electron chi connectivity index (χ0n) is 16.6. The summed E-state index contributed by atoms with van der Waals surface area (Å²) in [7, 11) is 4.76. The van der Waals surface area contributed by atoms with Crippen molar-refractivity contribution < 1.29 is 16.9 Å². The molecule has 1 rings (SSSR count). The molecule has 1 aromatic carbocycles. The van der Waals surface area contributed by atoms with Crippen molar-refractivity contribution in [3.63, 3.8) is 0 Å². The third-order valence-electron chi connectivity index (χ3n) is 5.42. The maximum atomic E-state index is 2.38. The molecule has 0 N–H and O–H groups in total. The van der Waals surface area contributed by atoms with Crippen molar-refractivity contribution in [1.82, 2.24) is 0 Å². The molecule has 0 saturated carbocycles. The first-order valence-electron chi connectivity index (χ1n) is 9.99. The molecule has 2 heteroatoms. The van der Waals surface area contributed by atoms with Gasteiger partial charge < -0.3 is 16.9 Å². The van der Waals surface area contributed by atoms with Crippen molar-refractivity contribution in [2.75, 3.05) is 20.6 Å². The summed E-state index contributed by atoms with van der Waals surface area (Å²) >= 11 is 0. The van der Waals surface area contributed by atoms with Gasteiger partial charge in [-0.25, -0.2) is 0 Å². The summed E-state index contributed by atoms with van der Waals surface area (Å²) in [5, 5.41) is 0. The van der Waals surface area contributed by atoms with Gasteiger partial charge in [-0.1, -0.05) is 88.6 Å². The fourth-order valence-electron chi connectivity index (χ4n) is 3.46. The number of quaternary nitrogens is 1. The van der Waals surface area contributed by atoms with Crippen LogP contribution in [0.25, 0.3) is 0 Å². The van der Waals surface area contributed by atoms with Crippen LogP contribution in [0.3, 0.4) is 0 Å². The van der Waals surface area contributed by atoms with E-state index in [9.17, 15) is 0 Å². The predicted molar refractivity (Wildman–Crippen MR) is 104 cm³/mol. The van der Waals surface area contributed by atoms with E-state index < -0.39 is 0 Å². The van der Waals surface area contributed by atoms with Gasteiger partial charge in [0.25, 0.3) is 0 Å². The smallest absolute Gasteiger partial charge is 0.114 e. The Labute approximate surface area is 157 Å². The summed E-state index contributed by atoms with van der Waals surface area (Å²) in [6.07, 6.45) is 14.1. The minimum Gasteiger partial charge on any atom is -1.00 e. The van der Waals surface area contributed by atoms with Crippen molar-refractivity contribution in [1.29, 1.82) is 0 Å². The second-order valence-electron chi connectivity index (χ2n) is 7.64. The molecule has 0 aliphatic heterocycles. The lowest BCUT2D eigenvalue weighted by atomic mass is 9.96. The van der Waals surface area contributed by atoms with E-state index in [0.717, 1.165) is 4.48 Å². The highest BCUT2D eigenvalue weighted by molar-refractivity contribution is 5.17. The molecule has 1 atom stereocenters. The number of benzene rings is 1. The van der Waals surface area contributed by atoms with Crippen LogP contribution in [0.4, 0.5) is 0 Å². The first-order valence-corrected chi connectivity index (χ1v) is 9.99. The van der Waals surface area contributed by atoms with Crippen LogP contribution in [-0.4, -0.2) is 25.1 Å². The Morgan fingerprint density at radius 2 is 1.25 bits per heavy atom. The Morgan fingerprint density at radius 1 is 0.750 bits per heavy atom. The zero-order chi connectivity index (χ0) is 17.0. The molecule has 0 aromatic heterocycles. The highest BCUT2D eigenvalue weighted by Gasteiger charge is 2.27. The number of halogens is 1. The quantitative estimate of drug-likeness (QED) is 0.374. The lowest BCUT2D eigenvalue weighted by Gasteiger charge is -2.37. The number of hydrogen-bond acceptors (Lipinski definition) is 0. The van der Waals surface area contributed by atoms with Gasteiger partial charge in [0.2, 0.25) is 0 Å². The van der Waals surface area contributed by atoms with Gasteiger partial charge in [0.1, 0.15) is 6.04 Å². The molecule has 0 spiro atoms. The number of nitrogens with zero attached hydrogens (tertiary/aromatic N) is 1. The molecule has 0 aliphatic rings. The van der Waals surface area contributed by atoms with E-state index in [0.29, 0.717) is 6.04 Å². The Bertz CT molecular complexity index is 388. The van der Waals surface area contributed by atoms with E-state index >= 15 is 0 Å². The molecule has 140 valence electrons. The largest absolute Gasteiger partial charge is 1.00 e. The standard InChI is InChI=1S/C22H40N.ClH/c1-5-7-8-9-10-11-12-13-17-20-22(23(3,4)6-2)21-18-15-14-16-19-21;/h14-16,18-19,22H,5-13,17,20H2,1-4H3;1H/q+1;/p-1. The van der Waals surface area contributed by atoms with E-state index in [2.05, 4.69) is 58.3 Å². The highest BCUT2D eigenvalue weighted by Crippen LogP contribution is 2.30. The minimum atomic E-state index is 0. The van der Waals surface area contributed by atoms with Gasteiger partial charge in [-0.15, -0.1) is 0 Å². The van der Waals surface area contributed by atoms with Gasteiger partial charge in [0.05, 0.1) is 20.6 Å².